The topological polar surface area (TPSA) is 87.5 Å². The van der Waals surface area contributed by atoms with Gasteiger partial charge in [0.1, 0.15) is 17.4 Å². The van der Waals surface area contributed by atoms with E-state index in [9.17, 15) is 14.4 Å². The maximum absolute atomic E-state index is 13.2. The number of likely N-dealkylation sites (tertiary alicyclic amines) is 1. The molecule has 1 aromatic carbocycles. The van der Waals surface area contributed by atoms with Crippen molar-refractivity contribution in [2.24, 2.45) is 0 Å². The Labute approximate surface area is 163 Å². The molecule has 8 nitrogen and oxygen atoms in total. The lowest BCUT2D eigenvalue weighted by molar-refractivity contribution is -0.139. The number of nitrogens with one attached hydrogen (secondary N) is 1. The van der Waals surface area contributed by atoms with Crippen LogP contribution in [0.3, 0.4) is 0 Å². The van der Waals surface area contributed by atoms with Crippen LogP contribution < -0.4 is 5.32 Å². The van der Waals surface area contributed by atoms with Crippen LogP contribution in [0.5, 0.6) is 0 Å². The first-order valence-corrected chi connectivity index (χ1v) is 9.73. The molecule has 2 fully saturated rings. The Balaban J connectivity index is 1.54. The van der Waals surface area contributed by atoms with Crippen molar-refractivity contribution in [1.82, 2.24) is 24.7 Å². The molecule has 0 bridgehead atoms. The van der Waals surface area contributed by atoms with Crippen LogP contribution in [0.4, 0.5) is 4.79 Å². The van der Waals surface area contributed by atoms with Crippen LogP contribution in [-0.4, -0.2) is 62.9 Å². The van der Waals surface area contributed by atoms with Crippen molar-refractivity contribution < 1.29 is 14.4 Å². The van der Waals surface area contributed by atoms with Crippen molar-refractivity contribution in [1.29, 1.82) is 0 Å². The molecule has 0 saturated carbocycles. The molecule has 2 saturated heterocycles. The summed E-state index contributed by atoms with van der Waals surface area (Å²) in [6.07, 6.45) is 1.61. The Morgan fingerprint density at radius 3 is 2.54 bits per heavy atom. The lowest BCUT2D eigenvalue weighted by Crippen LogP contribution is -2.56. The van der Waals surface area contributed by atoms with Crippen molar-refractivity contribution in [3.63, 3.8) is 0 Å². The summed E-state index contributed by atoms with van der Waals surface area (Å²) in [5, 5.41) is 2.81. The summed E-state index contributed by atoms with van der Waals surface area (Å²) in [6, 6.07) is 7.09. The molecule has 0 radical (unpaired) electrons. The van der Waals surface area contributed by atoms with Crippen LogP contribution in [0, 0.1) is 0 Å². The monoisotopic (exact) mass is 383 g/mol. The molecular formula is C20H25N5O3. The minimum Gasteiger partial charge on any atom is -0.341 e. The Hall–Kier alpha value is -2.90. The number of carbonyl (C=O) groups is 3. The van der Waals surface area contributed by atoms with Crippen molar-refractivity contribution in [3.05, 3.63) is 30.1 Å². The molecule has 2 aromatic rings. The summed E-state index contributed by atoms with van der Waals surface area (Å²) >= 11 is 0. The van der Waals surface area contributed by atoms with Gasteiger partial charge in [-0.25, -0.2) is 9.78 Å². The van der Waals surface area contributed by atoms with Gasteiger partial charge >= 0.3 is 6.03 Å². The molecule has 148 valence electrons. The number of benzene rings is 1. The Morgan fingerprint density at radius 2 is 1.93 bits per heavy atom. The molecule has 2 aliphatic rings. The molecule has 28 heavy (non-hydrogen) atoms. The SMILES string of the molecule is CCc1nc2ccccc2n1C(C)C(=O)N1CCC2(CC1)NC(=O)N(C)C2=O. The number of imidazole rings is 1. The van der Waals surface area contributed by atoms with Crippen LogP contribution in [0.15, 0.2) is 24.3 Å². The number of nitrogens with zero attached hydrogens (tertiary/aromatic N) is 4. The van der Waals surface area contributed by atoms with Gasteiger partial charge in [0, 0.05) is 26.6 Å². The fourth-order valence-electron chi connectivity index (χ4n) is 4.35. The zero-order valence-electron chi connectivity index (χ0n) is 16.4. The van der Waals surface area contributed by atoms with Gasteiger partial charge in [-0.2, -0.15) is 0 Å². The third-order valence-electron chi connectivity index (χ3n) is 6.02. The number of likely N-dealkylation sites (N-methyl/N-ethyl adjacent to an activating group) is 1. The van der Waals surface area contributed by atoms with E-state index in [1.54, 1.807) is 4.90 Å². The normalized spacial score (nSPS) is 20.1. The van der Waals surface area contributed by atoms with Gasteiger partial charge in [0.05, 0.1) is 11.0 Å². The van der Waals surface area contributed by atoms with Crippen molar-refractivity contribution in [2.45, 2.75) is 44.7 Å². The molecule has 3 heterocycles. The number of rotatable bonds is 3. The summed E-state index contributed by atoms with van der Waals surface area (Å²) in [6.45, 7) is 4.81. The van der Waals surface area contributed by atoms with Gasteiger partial charge in [-0.3, -0.25) is 14.5 Å². The van der Waals surface area contributed by atoms with Crippen molar-refractivity contribution >= 4 is 28.9 Å². The molecular weight excluding hydrogens is 358 g/mol. The molecule has 0 aliphatic carbocycles. The third-order valence-corrected chi connectivity index (χ3v) is 6.02. The molecule has 1 aromatic heterocycles. The van der Waals surface area contributed by atoms with Crippen LogP contribution in [-0.2, 0) is 16.0 Å². The van der Waals surface area contributed by atoms with E-state index < -0.39 is 5.54 Å². The molecule has 8 heteroatoms. The predicted octanol–water partition coefficient (Wildman–Crippen LogP) is 1.70. The van der Waals surface area contributed by atoms with Gasteiger partial charge in [0.2, 0.25) is 5.91 Å². The van der Waals surface area contributed by atoms with E-state index in [0.717, 1.165) is 28.2 Å². The van der Waals surface area contributed by atoms with Crippen LogP contribution in [0.1, 0.15) is 38.6 Å². The second-order valence-electron chi connectivity index (χ2n) is 7.62. The summed E-state index contributed by atoms with van der Waals surface area (Å²) in [5.74, 6) is 0.694. The number of hydrogen-bond donors (Lipinski definition) is 1. The van der Waals surface area contributed by atoms with E-state index in [2.05, 4.69) is 10.3 Å². The van der Waals surface area contributed by atoms with Crippen LogP contribution in [0.25, 0.3) is 11.0 Å². The fraction of sp³-hybridized carbons (Fsp3) is 0.500. The standard InChI is InChI=1S/C20H25N5O3/c1-4-16-21-14-7-5-6-8-15(14)25(16)13(2)17(26)24-11-9-20(10-12-24)18(27)23(3)19(28)22-20/h5-8,13H,4,9-12H2,1-3H3,(H,22,28). The van der Waals surface area contributed by atoms with Gasteiger partial charge in [-0.15, -0.1) is 0 Å². The number of carbonyl (C=O) groups excluding carboxylic acids is 3. The van der Waals surface area contributed by atoms with Gasteiger partial charge in [-0.1, -0.05) is 19.1 Å². The Kier molecular flexibility index (Phi) is 4.36. The predicted molar refractivity (Wildman–Crippen MR) is 104 cm³/mol. The first-order chi connectivity index (χ1) is 13.4. The lowest BCUT2D eigenvalue weighted by atomic mass is 9.87. The fourth-order valence-corrected chi connectivity index (χ4v) is 4.35. The largest absolute Gasteiger partial charge is 0.341 e. The molecule has 4 amide bonds. The number of amides is 4. The van der Waals surface area contributed by atoms with E-state index in [4.69, 9.17) is 0 Å². The van der Waals surface area contributed by atoms with E-state index in [1.165, 1.54) is 7.05 Å². The molecule has 4 rings (SSSR count). The number of urea groups is 1. The quantitative estimate of drug-likeness (QED) is 0.818. The van der Waals surface area contributed by atoms with Crippen LogP contribution in [0.2, 0.25) is 0 Å². The third kappa shape index (κ3) is 2.66. The van der Waals surface area contributed by atoms with Gasteiger partial charge in [0.15, 0.2) is 0 Å². The zero-order valence-corrected chi connectivity index (χ0v) is 16.4. The first-order valence-electron chi connectivity index (χ1n) is 9.73. The van der Waals surface area contributed by atoms with Gasteiger partial charge in [-0.05, 0) is 31.9 Å². The highest BCUT2D eigenvalue weighted by atomic mass is 16.2. The molecule has 2 aliphatic heterocycles. The number of para-hydroxylation sites is 2. The highest BCUT2D eigenvalue weighted by Gasteiger charge is 2.51. The van der Waals surface area contributed by atoms with Crippen LogP contribution >= 0.6 is 0 Å². The second kappa shape index (κ2) is 6.61. The molecule has 1 spiro atoms. The zero-order chi connectivity index (χ0) is 20.1. The van der Waals surface area contributed by atoms with Crippen molar-refractivity contribution in [3.8, 4) is 0 Å². The molecule has 1 atom stereocenters. The summed E-state index contributed by atoms with van der Waals surface area (Å²) in [7, 11) is 1.49. The van der Waals surface area contributed by atoms with Gasteiger partial charge in [0.25, 0.3) is 5.91 Å². The number of aromatic nitrogens is 2. The molecule has 1 N–H and O–H groups in total. The highest BCUT2D eigenvalue weighted by molar-refractivity contribution is 6.06. The first kappa shape index (κ1) is 18.5. The number of piperidine rings is 1. The summed E-state index contributed by atoms with van der Waals surface area (Å²) in [4.78, 5) is 45.1. The van der Waals surface area contributed by atoms with E-state index >= 15 is 0 Å². The molecule has 1 unspecified atom stereocenters. The maximum Gasteiger partial charge on any atom is 0.324 e. The highest BCUT2D eigenvalue weighted by Crippen LogP contribution is 2.30. The number of imide groups is 1. The number of fused-ring (bicyclic) bond motifs is 1. The summed E-state index contributed by atoms with van der Waals surface area (Å²) < 4.78 is 2.01. The minimum absolute atomic E-state index is 0.0119. The average molecular weight is 383 g/mol. The smallest absolute Gasteiger partial charge is 0.324 e. The Morgan fingerprint density at radius 1 is 1.25 bits per heavy atom. The summed E-state index contributed by atoms with van der Waals surface area (Å²) in [5.41, 5.74) is 0.981. The van der Waals surface area contributed by atoms with E-state index in [1.807, 2.05) is 42.7 Å². The lowest BCUT2D eigenvalue weighted by Gasteiger charge is -2.38. The minimum atomic E-state index is -0.859. The second-order valence-corrected chi connectivity index (χ2v) is 7.62. The van der Waals surface area contributed by atoms with Crippen molar-refractivity contribution in [2.75, 3.05) is 20.1 Å². The number of aryl methyl sites for hydroxylation is 1. The number of hydrogen-bond acceptors (Lipinski definition) is 4. The van der Waals surface area contributed by atoms with E-state index in [0.29, 0.717) is 25.9 Å². The average Bonchev–Trinajstić information content (AvgIpc) is 3.19. The van der Waals surface area contributed by atoms with E-state index in [-0.39, 0.29) is 23.9 Å². The Bertz CT molecular complexity index is 958. The maximum atomic E-state index is 13.2. The van der Waals surface area contributed by atoms with Gasteiger partial charge < -0.3 is 14.8 Å².